The number of carbonyl (C=O) groups is 1. The quantitative estimate of drug-likeness (QED) is 0.900. The van der Waals surface area contributed by atoms with Gasteiger partial charge in [-0.3, -0.25) is 10.1 Å². The van der Waals surface area contributed by atoms with Gasteiger partial charge in [-0.1, -0.05) is 23.5 Å². The Kier molecular flexibility index (Phi) is 4.11. The van der Waals surface area contributed by atoms with E-state index >= 15 is 0 Å². The summed E-state index contributed by atoms with van der Waals surface area (Å²) in [5.74, 6) is -0.127. The zero-order chi connectivity index (χ0) is 13.8. The van der Waals surface area contributed by atoms with Crippen molar-refractivity contribution < 1.29 is 4.79 Å². The Hall–Kier alpha value is -1.95. The van der Waals surface area contributed by atoms with Crippen molar-refractivity contribution in [3.8, 4) is 0 Å². The molecule has 0 fully saturated rings. The van der Waals surface area contributed by atoms with Crippen LogP contribution in [0.15, 0.2) is 24.3 Å². The Balaban J connectivity index is 1.96. The predicted octanol–water partition coefficient (Wildman–Crippen LogP) is 2.59. The summed E-state index contributed by atoms with van der Waals surface area (Å²) in [6.07, 6.45) is 0. The highest BCUT2D eigenvalue weighted by atomic mass is 32.1. The highest BCUT2D eigenvalue weighted by molar-refractivity contribution is 7.15. The van der Waals surface area contributed by atoms with Crippen molar-refractivity contribution in [3.63, 3.8) is 0 Å². The Labute approximate surface area is 116 Å². The minimum atomic E-state index is -0.342. The molecule has 0 aliphatic heterocycles. The maximum Gasteiger partial charge on any atom is 0.248 e. The summed E-state index contributed by atoms with van der Waals surface area (Å²) in [5, 5.41) is 15.0. The fraction of sp³-hybridized carbons (Fsp3) is 0.308. The first-order valence-corrected chi connectivity index (χ1v) is 6.80. The second kappa shape index (κ2) is 5.79. The number of nitrogens with zero attached hydrogens (tertiary/aromatic N) is 2. The molecule has 1 aromatic carbocycles. The second-order valence-corrected chi connectivity index (χ2v) is 5.53. The van der Waals surface area contributed by atoms with Crippen LogP contribution >= 0.6 is 11.3 Å². The third kappa shape index (κ3) is 3.75. The molecule has 1 amide bonds. The molecule has 6 heteroatoms. The maximum atomic E-state index is 12.0. The highest BCUT2D eigenvalue weighted by Crippen LogP contribution is 2.15. The van der Waals surface area contributed by atoms with Crippen LogP contribution in [0, 0.1) is 13.8 Å². The monoisotopic (exact) mass is 276 g/mol. The smallest absolute Gasteiger partial charge is 0.248 e. The summed E-state index contributed by atoms with van der Waals surface area (Å²) in [5.41, 5.74) is 2.08. The third-order valence-corrected chi connectivity index (χ3v) is 3.30. The number of hydrogen-bond donors (Lipinski definition) is 2. The molecule has 100 valence electrons. The molecule has 0 radical (unpaired) electrons. The average Bonchev–Trinajstić information content (AvgIpc) is 2.74. The highest BCUT2D eigenvalue weighted by Gasteiger charge is 2.14. The van der Waals surface area contributed by atoms with Crippen molar-refractivity contribution in [3.05, 3.63) is 34.8 Å². The molecular formula is C13H16N4OS. The van der Waals surface area contributed by atoms with Gasteiger partial charge in [-0.25, -0.2) is 0 Å². The van der Waals surface area contributed by atoms with Crippen LogP contribution in [0.2, 0.25) is 0 Å². The van der Waals surface area contributed by atoms with Crippen LogP contribution < -0.4 is 10.6 Å². The molecule has 0 aliphatic rings. The van der Waals surface area contributed by atoms with E-state index in [1.165, 1.54) is 11.3 Å². The van der Waals surface area contributed by atoms with E-state index < -0.39 is 0 Å². The van der Waals surface area contributed by atoms with Gasteiger partial charge in [-0.2, -0.15) is 0 Å². The normalized spacial score (nSPS) is 11.9. The standard InChI is InChI=1S/C13H16N4OS/c1-8-5-4-6-11(7-8)14-9(2)12(18)15-13-17-16-10(3)19-13/h4-7,9,14H,1-3H3,(H,15,17,18). The zero-order valence-corrected chi connectivity index (χ0v) is 11.9. The van der Waals surface area contributed by atoms with Crippen LogP contribution in [0.25, 0.3) is 0 Å². The fourth-order valence-electron chi connectivity index (χ4n) is 1.61. The number of rotatable bonds is 4. The Bertz CT molecular complexity index is 582. The largest absolute Gasteiger partial charge is 0.374 e. The van der Waals surface area contributed by atoms with Crippen LogP contribution in [-0.4, -0.2) is 22.1 Å². The third-order valence-electron chi connectivity index (χ3n) is 2.55. The summed E-state index contributed by atoms with van der Waals surface area (Å²) < 4.78 is 0. The maximum absolute atomic E-state index is 12.0. The molecule has 0 saturated heterocycles. The molecule has 5 nitrogen and oxygen atoms in total. The molecule has 0 saturated carbocycles. The molecule has 1 aromatic heterocycles. The van der Waals surface area contributed by atoms with Crippen LogP contribution in [0.1, 0.15) is 17.5 Å². The van der Waals surface area contributed by atoms with E-state index in [4.69, 9.17) is 0 Å². The number of nitrogens with one attached hydrogen (secondary N) is 2. The number of anilines is 2. The Morgan fingerprint density at radius 2 is 2.11 bits per heavy atom. The summed E-state index contributed by atoms with van der Waals surface area (Å²) >= 11 is 1.36. The lowest BCUT2D eigenvalue weighted by molar-refractivity contribution is -0.116. The van der Waals surface area contributed by atoms with Crippen molar-refractivity contribution in [2.45, 2.75) is 26.8 Å². The predicted molar refractivity (Wildman–Crippen MR) is 77.5 cm³/mol. The van der Waals surface area contributed by atoms with Crippen molar-refractivity contribution in [1.29, 1.82) is 0 Å². The number of amides is 1. The molecule has 1 unspecified atom stereocenters. The lowest BCUT2D eigenvalue weighted by Gasteiger charge is -2.14. The molecular weight excluding hydrogens is 260 g/mol. The molecule has 0 spiro atoms. The summed E-state index contributed by atoms with van der Waals surface area (Å²) in [6.45, 7) is 5.67. The van der Waals surface area contributed by atoms with Gasteiger partial charge in [-0.15, -0.1) is 10.2 Å². The molecule has 1 heterocycles. The number of hydrogen-bond acceptors (Lipinski definition) is 5. The Morgan fingerprint density at radius 1 is 1.32 bits per heavy atom. The first-order valence-electron chi connectivity index (χ1n) is 5.99. The van der Waals surface area contributed by atoms with Crippen LogP contribution in [0.3, 0.4) is 0 Å². The molecule has 0 aliphatic carbocycles. The van der Waals surface area contributed by atoms with Gasteiger partial charge in [0.1, 0.15) is 11.0 Å². The van der Waals surface area contributed by atoms with E-state index in [0.717, 1.165) is 16.3 Å². The summed E-state index contributed by atoms with van der Waals surface area (Å²) in [6, 6.07) is 7.56. The second-order valence-electron chi connectivity index (χ2n) is 4.35. The Morgan fingerprint density at radius 3 is 2.74 bits per heavy atom. The molecule has 0 bridgehead atoms. The van der Waals surface area contributed by atoms with Gasteiger partial charge in [-0.05, 0) is 38.5 Å². The molecule has 2 N–H and O–H groups in total. The number of carbonyl (C=O) groups excluding carboxylic acids is 1. The molecule has 2 aromatic rings. The SMILES string of the molecule is Cc1cccc(NC(C)C(=O)Nc2nnc(C)s2)c1. The average molecular weight is 276 g/mol. The zero-order valence-electron chi connectivity index (χ0n) is 11.1. The topological polar surface area (TPSA) is 66.9 Å². The van der Waals surface area contributed by atoms with Crippen molar-refractivity contribution in [1.82, 2.24) is 10.2 Å². The van der Waals surface area contributed by atoms with Gasteiger partial charge in [0.2, 0.25) is 11.0 Å². The first-order chi connectivity index (χ1) is 9.04. The van der Waals surface area contributed by atoms with Gasteiger partial charge in [0.25, 0.3) is 0 Å². The van der Waals surface area contributed by atoms with E-state index in [9.17, 15) is 4.79 Å². The van der Waals surface area contributed by atoms with Gasteiger partial charge < -0.3 is 5.32 Å². The van der Waals surface area contributed by atoms with E-state index in [0.29, 0.717) is 5.13 Å². The van der Waals surface area contributed by atoms with E-state index in [2.05, 4.69) is 20.8 Å². The van der Waals surface area contributed by atoms with Crippen LogP contribution in [-0.2, 0) is 4.79 Å². The van der Waals surface area contributed by atoms with Gasteiger partial charge in [0.15, 0.2) is 0 Å². The van der Waals surface area contributed by atoms with Crippen molar-refractivity contribution in [2.24, 2.45) is 0 Å². The minimum Gasteiger partial charge on any atom is -0.374 e. The summed E-state index contributed by atoms with van der Waals surface area (Å²) in [4.78, 5) is 12.0. The van der Waals surface area contributed by atoms with Gasteiger partial charge in [0.05, 0.1) is 0 Å². The van der Waals surface area contributed by atoms with Crippen molar-refractivity contribution in [2.75, 3.05) is 10.6 Å². The summed E-state index contributed by atoms with van der Waals surface area (Å²) in [7, 11) is 0. The molecule has 1 atom stereocenters. The fourth-order valence-corrected chi connectivity index (χ4v) is 2.21. The van der Waals surface area contributed by atoms with Crippen LogP contribution in [0.5, 0.6) is 0 Å². The van der Waals surface area contributed by atoms with Crippen LogP contribution in [0.4, 0.5) is 10.8 Å². The number of aromatic nitrogens is 2. The van der Waals surface area contributed by atoms with Gasteiger partial charge >= 0.3 is 0 Å². The van der Waals surface area contributed by atoms with E-state index in [-0.39, 0.29) is 11.9 Å². The molecule has 2 rings (SSSR count). The number of benzene rings is 1. The molecule has 19 heavy (non-hydrogen) atoms. The van der Waals surface area contributed by atoms with E-state index in [1.54, 1.807) is 0 Å². The number of aryl methyl sites for hydroxylation is 2. The van der Waals surface area contributed by atoms with E-state index in [1.807, 2.05) is 45.0 Å². The van der Waals surface area contributed by atoms with Crippen molar-refractivity contribution >= 4 is 28.1 Å². The lowest BCUT2D eigenvalue weighted by atomic mass is 10.2. The lowest BCUT2D eigenvalue weighted by Crippen LogP contribution is -2.31. The minimum absolute atomic E-state index is 0.127. The first kappa shape index (κ1) is 13.5. The van der Waals surface area contributed by atoms with Gasteiger partial charge in [0, 0.05) is 5.69 Å².